The standard InChI is InChI=1S/C31H32ClN3O3S/c1-22-6-14-29(15-7-22)39(37,38)34-30(20-23-9-12-27(32)13-10-23)31(36)35-17-16-33-28(21-35)19-24-8-11-25-4-2-3-5-26(25)18-24/h2-15,18,28,30,33-34H,16-17,19-21H2,1H3/t28?,30-/m1/s1. The zero-order valence-electron chi connectivity index (χ0n) is 21.8. The number of nitrogens with one attached hydrogen (secondary N) is 2. The molecule has 1 unspecified atom stereocenters. The van der Waals surface area contributed by atoms with Gasteiger partial charge >= 0.3 is 0 Å². The fourth-order valence-corrected chi connectivity index (χ4v) is 6.36. The van der Waals surface area contributed by atoms with E-state index in [9.17, 15) is 13.2 Å². The van der Waals surface area contributed by atoms with Gasteiger partial charge in [0.1, 0.15) is 6.04 Å². The molecule has 202 valence electrons. The minimum atomic E-state index is -3.91. The molecule has 4 aromatic rings. The number of carbonyl (C=O) groups is 1. The Morgan fingerprint density at radius 1 is 0.974 bits per heavy atom. The number of halogens is 1. The van der Waals surface area contributed by atoms with Crippen LogP contribution in [0.1, 0.15) is 16.7 Å². The highest BCUT2D eigenvalue weighted by molar-refractivity contribution is 7.89. The highest BCUT2D eigenvalue weighted by Gasteiger charge is 2.32. The summed E-state index contributed by atoms with van der Waals surface area (Å²) in [7, 11) is -3.91. The first-order chi connectivity index (χ1) is 18.8. The van der Waals surface area contributed by atoms with Crippen molar-refractivity contribution in [2.75, 3.05) is 19.6 Å². The second-order valence-corrected chi connectivity index (χ2v) is 12.3. The number of carbonyl (C=O) groups excluding carboxylic acids is 1. The Morgan fingerprint density at radius 3 is 2.41 bits per heavy atom. The van der Waals surface area contributed by atoms with Gasteiger partial charge in [-0.15, -0.1) is 0 Å². The number of rotatable bonds is 8. The molecule has 0 radical (unpaired) electrons. The normalized spacial score (nSPS) is 16.8. The molecule has 1 amide bonds. The SMILES string of the molecule is Cc1ccc(S(=O)(=O)N[C@H](Cc2ccc(Cl)cc2)C(=O)N2CCNC(Cc3ccc4ccccc4c3)C2)cc1. The summed E-state index contributed by atoms with van der Waals surface area (Å²) in [5.41, 5.74) is 2.98. The first-order valence-electron chi connectivity index (χ1n) is 13.1. The Labute approximate surface area is 235 Å². The molecule has 0 bridgehead atoms. The van der Waals surface area contributed by atoms with Gasteiger partial charge in [-0.1, -0.05) is 83.9 Å². The van der Waals surface area contributed by atoms with Gasteiger partial charge < -0.3 is 10.2 Å². The van der Waals surface area contributed by atoms with E-state index >= 15 is 0 Å². The molecule has 1 saturated heterocycles. The molecule has 2 atom stereocenters. The summed E-state index contributed by atoms with van der Waals surface area (Å²) in [6.45, 7) is 3.54. The Balaban J connectivity index is 1.34. The van der Waals surface area contributed by atoms with Gasteiger partial charge in [-0.05, 0) is 65.9 Å². The van der Waals surface area contributed by atoms with Crippen LogP contribution >= 0.6 is 11.6 Å². The molecule has 6 nitrogen and oxygen atoms in total. The summed E-state index contributed by atoms with van der Waals surface area (Å²) in [6, 6.07) is 27.6. The summed E-state index contributed by atoms with van der Waals surface area (Å²) in [5.74, 6) is -0.231. The topological polar surface area (TPSA) is 78.5 Å². The van der Waals surface area contributed by atoms with Gasteiger partial charge in [0.05, 0.1) is 4.90 Å². The van der Waals surface area contributed by atoms with Crippen molar-refractivity contribution in [1.82, 2.24) is 14.9 Å². The zero-order chi connectivity index (χ0) is 27.4. The second-order valence-electron chi connectivity index (χ2n) is 10.1. The van der Waals surface area contributed by atoms with Crippen LogP contribution in [-0.4, -0.2) is 50.9 Å². The molecule has 39 heavy (non-hydrogen) atoms. The third kappa shape index (κ3) is 6.86. The zero-order valence-corrected chi connectivity index (χ0v) is 23.4. The summed E-state index contributed by atoms with van der Waals surface area (Å²) < 4.78 is 29.3. The predicted molar refractivity (Wildman–Crippen MR) is 156 cm³/mol. The number of hydrogen-bond acceptors (Lipinski definition) is 4. The molecule has 0 aromatic heterocycles. The molecular formula is C31H32ClN3O3S. The summed E-state index contributed by atoms with van der Waals surface area (Å²) >= 11 is 6.05. The molecule has 4 aromatic carbocycles. The molecule has 2 N–H and O–H groups in total. The maximum Gasteiger partial charge on any atom is 0.241 e. The highest BCUT2D eigenvalue weighted by atomic mass is 35.5. The Morgan fingerprint density at radius 2 is 1.67 bits per heavy atom. The maximum absolute atomic E-state index is 13.9. The van der Waals surface area contributed by atoms with Gasteiger partial charge in [0.15, 0.2) is 0 Å². The van der Waals surface area contributed by atoms with Crippen LogP contribution < -0.4 is 10.0 Å². The van der Waals surface area contributed by atoms with Crippen molar-refractivity contribution in [1.29, 1.82) is 0 Å². The van der Waals surface area contributed by atoms with E-state index in [0.29, 0.717) is 24.7 Å². The van der Waals surface area contributed by atoms with E-state index in [1.165, 1.54) is 16.3 Å². The van der Waals surface area contributed by atoms with Crippen molar-refractivity contribution in [3.8, 4) is 0 Å². The number of piperazine rings is 1. The van der Waals surface area contributed by atoms with Crippen molar-refractivity contribution in [2.24, 2.45) is 0 Å². The van der Waals surface area contributed by atoms with Gasteiger partial charge in [0.25, 0.3) is 0 Å². The largest absolute Gasteiger partial charge is 0.338 e. The smallest absolute Gasteiger partial charge is 0.241 e. The van der Waals surface area contributed by atoms with Gasteiger partial charge in [-0.25, -0.2) is 8.42 Å². The van der Waals surface area contributed by atoms with Crippen LogP contribution in [-0.2, 0) is 27.7 Å². The van der Waals surface area contributed by atoms with Crippen LogP contribution in [0.15, 0.2) is 95.9 Å². The first kappa shape index (κ1) is 27.3. The quantitative estimate of drug-likeness (QED) is 0.326. The van der Waals surface area contributed by atoms with Crippen molar-refractivity contribution in [3.05, 3.63) is 113 Å². The van der Waals surface area contributed by atoms with E-state index < -0.39 is 16.1 Å². The van der Waals surface area contributed by atoms with E-state index in [4.69, 9.17) is 11.6 Å². The summed E-state index contributed by atoms with van der Waals surface area (Å²) in [4.78, 5) is 15.8. The van der Waals surface area contributed by atoms with Crippen molar-refractivity contribution in [3.63, 3.8) is 0 Å². The molecule has 1 aliphatic heterocycles. The molecule has 0 spiro atoms. The Bertz CT molecular complexity index is 1560. The first-order valence-corrected chi connectivity index (χ1v) is 15.0. The van der Waals surface area contributed by atoms with Crippen LogP contribution in [0.3, 0.4) is 0 Å². The Kier molecular flexibility index (Phi) is 8.33. The third-order valence-electron chi connectivity index (χ3n) is 7.14. The van der Waals surface area contributed by atoms with Crippen LogP contribution in [0.4, 0.5) is 0 Å². The number of nitrogens with zero attached hydrogens (tertiary/aromatic N) is 1. The minimum absolute atomic E-state index is 0.0637. The van der Waals surface area contributed by atoms with E-state index in [1.54, 1.807) is 41.3 Å². The summed E-state index contributed by atoms with van der Waals surface area (Å²) in [5, 5.41) is 6.49. The van der Waals surface area contributed by atoms with Crippen LogP contribution in [0.2, 0.25) is 5.02 Å². The fourth-order valence-electron chi connectivity index (χ4n) is 5.04. The number of benzene rings is 4. The number of amides is 1. The van der Waals surface area contributed by atoms with Crippen molar-refractivity contribution < 1.29 is 13.2 Å². The van der Waals surface area contributed by atoms with E-state index in [1.807, 2.05) is 31.2 Å². The molecule has 8 heteroatoms. The maximum atomic E-state index is 13.9. The lowest BCUT2D eigenvalue weighted by Gasteiger charge is -2.36. The molecule has 1 aliphatic rings. The molecule has 5 rings (SSSR count). The van der Waals surface area contributed by atoms with E-state index in [0.717, 1.165) is 17.5 Å². The van der Waals surface area contributed by atoms with E-state index in [-0.39, 0.29) is 23.3 Å². The van der Waals surface area contributed by atoms with Gasteiger partial charge in [0, 0.05) is 30.7 Å². The number of fused-ring (bicyclic) bond motifs is 1. The average molecular weight is 562 g/mol. The molecule has 0 aliphatic carbocycles. The molecule has 0 saturated carbocycles. The highest BCUT2D eigenvalue weighted by Crippen LogP contribution is 2.19. The fraction of sp³-hybridized carbons (Fsp3) is 0.258. The number of aryl methyl sites for hydroxylation is 1. The predicted octanol–water partition coefficient (Wildman–Crippen LogP) is 4.73. The molecule has 1 heterocycles. The lowest BCUT2D eigenvalue weighted by Crippen LogP contribution is -2.58. The third-order valence-corrected chi connectivity index (χ3v) is 8.88. The van der Waals surface area contributed by atoms with Gasteiger partial charge in [0.2, 0.25) is 15.9 Å². The molecule has 1 fully saturated rings. The second kappa shape index (κ2) is 11.9. The van der Waals surface area contributed by atoms with Crippen molar-refractivity contribution in [2.45, 2.75) is 36.7 Å². The van der Waals surface area contributed by atoms with Crippen LogP contribution in [0.25, 0.3) is 10.8 Å². The van der Waals surface area contributed by atoms with Gasteiger partial charge in [-0.2, -0.15) is 4.72 Å². The van der Waals surface area contributed by atoms with E-state index in [2.05, 4.69) is 40.4 Å². The summed E-state index contributed by atoms with van der Waals surface area (Å²) in [6.07, 6.45) is 0.992. The average Bonchev–Trinajstić information content (AvgIpc) is 2.94. The lowest BCUT2D eigenvalue weighted by atomic mass is 9.99. The van der Waals surface area contributed by atoms with Crippen LogP contribution in [0.5, 0.6) is 0 Å². The number of hydrogen-bond donors (Lipinski definition) is 2. The molecular weight excluding hydrogens is 530 g/mol. The number of sulfonamides is 1. The van der Waals surface area contributed by atoms with Crippen molar-refractivity contribution >= 4 is 38.3 Å². The van der Waals surface area contributed by atoms with Crippen LogP contribution in [0, 0.1) is 6.92 Å². The lowest BCUT2D eigenvalue weighted by molar-refractivity contribution is -0.134. The minimum Gasteiger partial charge on any atom is -0.338 e. The van der Waals surface area contributed by atoms with Gasteiger partial charge in [-0.3, -0.25) is 4.79 Å². The monoisotopic (exact) mass is 561 g/mol. The Hall–Kier alpha value is -3.23.